The van der Waals surface area contributed by atoms with Crippen molar-refractivity contribution in [3.8, 4) is 6.07 Å². The number of nitriles is 1. The summed E-state index contributed by atoms with van der Waals surface area (Å²) >= 11 is 0. The molecule has 0 aromatic carbocycles. The Morgan fingerprint density at radius 1 is 1.25 bits per heavy atom. The molecule has 4 aromatic rings. The van der Waals surface area contributed by atoms with Crippen molar-refractivity contribution in [1.29, 1.82) is 5.26 Å². The normalized spacial score (nSPS) is 16.2. The third-order valence-corrected chi connectivity index (χ3v) is 5.34. The number of H-pyrrole nitrogens is 1. The van der Waals surface area contributed by atoms with Gasteiger partial charge in [0.2, 0.25) is 0 Å². The third kappa shape index (κ3) is 2.36. The van der Waals surface area contributed by atoms with E-state index in [0.29, 0.717) is 17.9 Å². The number of anilines is 1. The number of fused-ring (bicyclic) bond motifs is 2. The highest BCUT2D eigenvalue weighted by Crippen LogP contribution is 2.37. The van der Waals surface area contributed by atoms with E-state index in [9.17, 15) is 5.26 Å². The van der Waals surface area contributed by atoms with Crippen LogP contribution >= 0.6 is 0 Å². The lowest BCUT2D eigenvalue weighted by atomic mass is 9.99. The van der Waals surface area contributed by atoms with E-state index < -0.39 is 0 Å². The molecule has 5 rings (SSSR count). The second kappa shape index (κ2) is 6.16. The molecule has 0 aliphatic carbocycles. The maximum atomic E-state index is 9.56. The van der Waals surface area contributed by atoms with Gasteiger partial charge in [0.15, 0.2) is 5.82 Å². The second-order valence-electron chi connectivity index (χ2n) is 7.02. The number of rotatable bonds is 2. The van der Waals surface area contributed by atoms with Crippen LogP contribution in [0.3, 0.4) is 0 Å². The summed E-state index contributed by atoms with van der Waals surface area (Å²) in [6.07, 6.45) is 4.05. The Morgan fingerprint density at radius 2 is 2.14 bits per heavy atom. The van der Waals surface area contributed by atoms with Crippen LogP contribution in [0.2, 0.25) is 0 Å². The molecular weight excluding hydrogens is 352 g/mol. The molecule has 1 aliphatic rings. The molecule has 0 fully saturated rings. The van der Waals surface area contributed by atoms with Gasteiger partial charge in [-0.2, -0.15) is 15.5 Å². The number of imidazole rings is 1. The van der Waals surface area contributed by atoms with Crippen molar-refractivity contribution in [2.45, 2.75) is 26.3 Å². The maximum Gasteiger partial charge on any atom is 0.170 e. The smallest absolute Gasteiger partial charge is 0.170 e. The summed E-state index contributed by atoms with van der Waals surface area (Å²) in [6, 6.07) is 9.95. The monoisotopic (exact) mass is 370 g/mol. The van der Waals surface area contributed by atoms with Crippen LogP contribution in [0.15, 0.2) is 36.8 Å². The van der Waals surface area contributed by atoms with E-state index >= 15 is 0 Å². The lowest BCUT2D eigenvalue weighted by Crippen LogP contribution is -2.37. The minimum Gasteiger partial charge on any atom is -0.348 e. The molecule has 1 aliphatic heterocycles. The Hall–Kier alpha value is -3.73. The van der Waals surface area contributed by atoms with Crippen molar-refractivity contribution in [3.63, 3.8) is 0 Å². The van der Waals surface area contributed by atoms with E-state index in [2.05, 4.69) is 56.3 Å². The zero-order valence-corrected chi connectivity index (χ0v) is 15.6. The average molecular weight is 370 g/mol. The van der Waals surface area contributed by atoms with E-state index in [1.165, 1.54) is 0 Å². The Labute approximate surface area is 161 Å². The van der Waals surface area contributed by atoms with Gasteiger partial charge in [0.1, 0.15) is 12.1 Å². The van der Waals surface area contributed by atoms with Gasteiger partial charge < -0.3 is 9.88 Å². The first-order chi connectivity index (χ1) is 13.7. The minimum absolute atomic E-state index is 0.238. The Morgan fingerprint density at radius 3 is 2.96 bits per heavy atom. The molecule has 0 saturated carbocycles. The lowest BCUT2D eigenvalue weighted by Gasteiger charge is -2.34. The first-order valence-corrected chi connectivity index (χ1v) is 9.14. The number of nitrogens with one attached hydrogen (secondary N) is 1. The fraction of sp³-hybridized carbons (Fsp3) is 0.250. The minimum atomic E-state index is -0.238. The van der Waals surface area contributed by atoms with Gasteiger partial charge in [-0.15, -0.1) is 5.10 Å². The maximum absolute atomic E-state index is 9.56. The number of pyridine rings is 1. The molecule has 1 atom stereocenters. The number of nitrogens with zero attached hydrogens (tertiary/aromatic N) is 7. The van der Waals surface area contributed by atoms with E-state index in [1.807, 2.05) is 11.4 Å². The zero-order valence-electron chi connectivity index (χ0n) is 15.6. The summed E-state index contributed by atoms with van der Waals surface area (Å²) < 4.78 is 1.96. The van der Waals surface area contributed by atoms with Gasteiger partial charge in [0.05, 0.1) is 35.0 Å². The summed E-state index contributed by atoms with van der Waals surface area (Å²) in [4.78, 5) is 9.91. The third-order valence-electron chi connectivity index (χ3n) is 5.34. The molecule has 138 valence electrons. The molecule has 0 amide bonds. The highest BCUT2D eigenvalue weighted by atomic mass is 15.3. The fourth-order valence-electron chi connectivity index (χ4n) is 3.91. The van der Waals surface area contributed by atoms with Crippen LogP contribution in [-0.2, 0) is 6.42 Å². The molecule has 5 heterocycles. The average Bonchev–Trinajstić information content (AvgIpc) is 3.37. The number of hydrogen-bond donors (Lipinski definition) is 1. The predicted molar refractivity (Wildman–Crippen MR) is 103 cm³/mol. The van der Waals surface area contributed by atoms with E-state index in [1.54, 1.807) is 18.6 Å². The van der Waals surface area contributed by atoms with E-state index in [4.69, 9.17) is 5.10 Å². The second-order valence-corrected chi connectivity index (χ2v) is 7.02. The fourth-order valence-corrected chi connectivity index (χ4v) is 3.91. The van der Waals surface area contributed by atoms with Gasteiger partial charge >= 0.3 is 0 Å². The van der Waals surface area contributed by atoms with Crippen molar-refractivity contribution < 1.29 is 0 Å². The molecule has 0 bridgehead atoms. The Bertz CT molecular complexity index is 1190. The quantitative estimate of drug-likeness (QED) is 0.582. The molecule has 4 aromatic heterocycles. The molecule has 8 nitrogen and oxygen atoms in total. The summed E-state index contributed by atoms with van der Waals surface area (Å²) in [6.45, 7) is 4.81. The van der Waals surface area contributed by atoms with Gasteiger partial charge in [0, 0.05) is 24.4 Å². The lowest BCUT2D eigenvalue weighted by molar-refractivity contribution is 0.605. The highest BCUT2D eigenvalue weighted by Gasteiger charge is 2.35. The number of aromatic nitrogens is 6. The van der Waals surface area contributed by atoms with Gasteiger partial charge in [-0.3, -0.25) is 0 Å². The Balaban J connectivity index is 1.73. The molecule has 1 N–H and O–H groups in total. The standard InChI is InChI=1S/C20H18N8/c1-12-3-4-13(2)28-17(12)9-16(26-28)19-18-15(22-11-23-18)6-8-27(19)20-14(10-21)5-7-24-25-20/h3-5,7,9,11,19H,6,8H2,1-2H3,(H,22,23)/t19-/m1/s1. The Kier molecular flexibility index (Phi) is 3.62. The van der Waals surface area contributed by atoms with Crippen molar-refractivity contribution in [2.75, 3.05) is 11.4 Å². The summed E-state index contributed by atoms with van der Waals surface area (Å²) in [5.41, 5.74) is 6.67. The van der Waals surface area contributed by atoms with E-state index in [-0.39, 0.29) is 6.04 Å². The van der Waals surface area contributed by atoms with Crippen LogP contribution in [0.4, 0.5) is 5.82 Å². The van der Waals surface area contributed by atoms with Crippen LogP contribution in [0, 0.1) is 25.2 Å². The van der Waals surface area contributed by atoms with Gasteiger partial charge in [-0.25, -0.2) is 9.50 Å². The summed E-state index contributed by atoms with van der Waals surface area (Å²) in [5.74, 6) is 0.564. The van der Waals surface area contributed by atoms with Crippen LogP contribution in [0.1, 0.15) is 39.9 Å². The largest absolute Gasteiger partial charge is 0.348 e. The molecule has 0 unspecified atom stereocenters. The van der Waals surface area contributed by atoms with Crippen molar-refractivity contribution in [1.82, 2.24) is 29.8 Å². The number of aromatic amines is 1. The van der Waals surface area contributed by atoms with Crippen molar-refractivity contribution in [2.24, 2.45) is 0 Å². The van der Waals surface area contributed by atoms with Crippen LogP contribution in [-0.4, -0.2) is 36.3 Å². The SMILES string of the molecule is Cc1ccc(C)n2nc([C@@H]3c4nc[nH]c4CCN3c3nnccc3C#N)cc12. The molecule has 8 heteroatoms. The van der Waals surface area contributed by atoms with Crippen LogP contribution < -0.4 is 4.90 Å². The predicted octanol–water partition coefficient (Wildman–Crippen LogP) is 2.49. The van der Waals surface area contributed by atoms with Crippen molar-refractivity contribution >= 4 is 11.3 Å². The van der Waals surface area contributed by atoms with Gasteiger partial charge in [-0.05, 0) is 37.6 Å². The molecule has 28 heavy (non-hydrogen) atoms. The number of hydrogen-bond acceptors (Lipinski definition) is 6. The highest BCUT2D eigenvalue weighted by molar-refractivity contribution is 5.60. The van der Waals surface area contributed by atoms with Crippen molar-refractivity contribution in [3.05, 3.63) is 70.7 Å². The molecule has 0 radical (unpaired) electrons. The van der Waals surface area contributed by atoms with Crippen LogP contribution in [0.5, 0.6) is 0 Å². The molecular formula is C20H18N8. The van der Waals surface area contributed by atoms with Crippen LogP contribution in [0.25, 0.3) is 5.52 Å². The summed E-state index contributed by atoms with van der Waals surface area (Å²) in [7, 11) is 0. The molecule has 0 spiro atoms. The van der Waals surface area contributed by atoms with Gasteiger partial charge in [0.25, 0.3) is 0 Å². The van der Waals surface area contributed by atoms with E-state index in [0.717, 1.165) is 40.3 Å². The first-order valence-electron chi connectivity index (χ1n) is 9.14. The van der Waals surface area contributed by atoms with Gasteiger partial charge in [-0.1, -0.05) is 6.07 Å². The molecule has 0 saturated heterocycles. The number of aryl methyl sites for hydroxylation is 2. The topological polar surface area (TPSA) is 98.8 Å². The zero-order chi connectivity index (χ0) is 19.3. The summed E-state index contributed by atoms with van der Waals surface area (Å²) in [5, 5.41) is 22.7. The first kappa shape index (κ1) is 16.4.